The van der Waals surface area contributed by atoms with Crippen LogP contribution >= 0.6 is 22.1 Å². The molecule has 0 amide bonds. The molecule has 0 spiro atoms. The van der Waals surface area contributed by atoms with Crippen molar-refractivity contribution in [2.45, 2.75) is 49.6 Å². The first kappa shape index (κ1) is 19.5. The molecule has 0 aromatic rings. The zero-order valence-corrected chi connectivity index (χ0v) is 14.0. The Morgan fingerprint density at radius 1 is 0.773 bits per heavy atom. The Balaban J connectivity index is 3.05. The molecule has 128 valence electrons. The summed E-state index contributed by atoms with van der Waals surface area (Å²) in [6.45, 7) is 0.926. The minimum Gasteiger partial charge on any atom is -0.375 e. The summed E-state index contributed by atoms with van der Waals surface area (Å²) in [5, 5.41) is 0. The quantitative estimate of drug-likeness (QED) is 0.265. The highest BCUT2D eigenvalue weighted by atomic mass is 33.1. The van der Waals surface area contributed by atoms with Crippen LogP contribution in [-0.4, -0.2) is 36.1 Å². The van der Waals surface area contributed by atoms with E-state index in [2.05, 4.69) is 0 Å². The summed E-state index contributed by atoms with van der Waals surface area (Å²) in [5.41, 5.74) is 20.2. The molecule has 8 N–H and O–H groups in total. The third-order valence-electron chi connectivity index (χ3n) is 3.82. The molecule has 1 aliphatic heterocycles. The van der Waals surface area contributed by atoms with Crippen molar-refractivity contribution in [3.8, 4) is 0 Å². The van der Waals surface area contributed by atoms with E-state index in [4.69, 9.17) is 31.3 Å². The van der Waals surface area contributed by atoms with Gasteiger partial charge in [-0.1, -0.05) is 0 Å². The van der Waals surface area contributed by atoms with Crippen LogP contribution in [0.3, 0.4) is 0 Å². The fourth-order valence-corrected chi connectivity index (χ4v) is 3.36. The molecule has 1 rings (SSSR count). The minimum absolute atomic E-state index is 0.197. The molecule has 0 aromatic carbocycles. The maximum atomic E-state index is 12.4. The average Bonchev–Trinajstić information content (AvgIpc) is 2.50. The molecule has 0 aromatic heterocycles. The highest BCUT2D eigenvalue weighted by molar-refractivity contribution is 8.73. The molecular weight excluding hydrogens is 328 g/mol. The van der Waals surface area contributed by atoms with Crippen LogP contribution in [-0.2, 0) is 18.0 Å². The first-order valence-electron chi connectivity index (χ1n) is 7.17. The number of hydrogen-bond acceptors (Lipinski definition) is 10. The van der Waals surface area contributed by atoms with Crippen molar-refractivity contribution in [3.63, 3.8) is 0 Å². The van der Waals surface area contributed by atoms with Crippen molar-refractivity contribution in [2.24, 2.45) is 22.9 Å². The zero-order chi connectivity index (χ0) is 16.6. The number of carbonyl (C=O) groups is 2. The van der Waals surface area contributed by atoms with E-state index < -0.39 is 23.0 Å². The third-order valence-corrected chi connectivity index (χ3v) is 4.89. The smallest absolute Gasteiger partial charge is 0.341 e. The third kappa shape index (κ3) is 4.27. The van der Waals surface area contributed by atoms with Crippen LogP contribution in [0.2, 0.25) is 0 Å². The molecule has 2 unspecified atom stereocenters. The predicted molar refractivity (Wildman–Crippen MR) is 87.0 cm³/mol. The Bertz CT molecular complexity index is 365. The molecule has 0 saturated carbocycles. The summed E-state index contributed by atoms with van der Waals surface area (Å²) >= 11 is 1.31. The van der Waals surface area contributed by atoms with Gasteiger partial charge in [-0.25, -0.2) is 9.59 Å². The van der Waals surface area contributed by atoms with E-state index in [9.17, 15) is 9.59 Å². The van der Waals surface area contributed by atoms with Crippen LogP contribution in [0.5, 0.6) is 0 Å². The standard InChI is InChI=1S/C12H24N4O4S2/c13-7-3-1-5-11(15)9(17)19-21-22-20-10(18)12(11,16)6-2-4-8-14/h1-8,13-16H2. The number of rotatable bonds is 8. The maximum Gasteiger partial charge on any atom is 0.341 e. The van der Waals surface area contributed by atoms with Gasteiger partial charge in [0.1, 0.15) is 11.1 Å². The summed E-state index contributed by atoms with van der Waals surface area (Å²) in [7, 11) is 0. The number of carbonyl (C=O) groups excluding carboxylic acids is 2. The fraction of sp³-hybridized carbons (Fsp3) is 0.833. The van der Waals surface area contributed by atoms with Gasteiger partial charge in [0.25, 0.3) is 0 Å². The molecule has 1 saturated heterocycles. The Morgan fingerprint density at radius 3 is 1.45 bits per heavy atom. The van der Waals surface area contributed by atoms with Gasteiger partial charge in [-0.3, -0.25) is 0 Å². The van der Waals surface area contributed by atoms with Gasteiger partial charge < -0.3 is 31.3 Å². The second kappa shape index (κ2) is 8.94. The Hall–Kier alpha value is -0.520. The normalized spacial score (nSPS) is 29.5. The van der Waals surface area contributed by atoms with E-state index in [0.29, 0.717) is 60.9 Å². The first-order valence-corrected chi connectivity index (χ1v) is 9.17. The van der Waals surface area contributed by atoms with Gasteiger partial charge in [0, 0.05) is 0 Å². The van der Waals surface area contributed by atoms with Gasteiger partial charge in [0.15, 0.2) is 22.1 Å². The summed E-state index contributed by atoms with van der Waals surface area (Å²) < 4.78 is 9.96. The summed E-state index contributed by atoms with van der Waals surface area (Å²) in [5.74, 6) is -1.43. The fourth-order valence-electron chi connectivity index (χ4n) is 2.35. The first-order chi connectivity index (χ1) is 10.4. The lowest BCUT2D eigenvalue weighted by Crippen LogP contribution is -2.74. The number of hydrogen-bond donors (Lipinski definition) is 4. The lowest BCUT2D eigenvalue weighted by atomic mass is 9.71. The molecule has 8 nitrogen and oxygen atoms in total. The number of nitrogens with two attached hydrogens (primary N) is 4. The van der Waals surface area contributed by atoms with Crippen molar-refractivity contribution >= 4 is 34.1 Å². The van der Waals surface area contributed by atoms with E-state index in [1.165, 1.54) is 0 Å². The van der Waals surface area contributed by atoms with Crippen LogP contribution < -0.4 is 22.9 Å². The number of unbranched alkanes of at least 4 members (excludes halogenated alkanes) is 2. The Labute approximate surface area is 138 Å². The van der Waals surface area contributed by atoms with Crippen LogP contribution in [0.15, 0.2) is 0 Å². The SMILES string of the molecule is NCCCCC1(N)C(=O)OSSOC(=O)C1(N)CCCCN. The van der Waals surface area contributed by atoms with Crippen LogP contribution in [0.1, 0.15) is 38.5 Å². The Kier molecular flexibility index (Phi) is 7.94. The van der Waals surface area contributed by atoms with E-state index in [1.54, 1.807) is 0 Å². The van der Waals surface area contributed by atoms with Crippen molar-refractivity contribution in [1.29, 1.82) is 0 Å². The van der Waals surface area contributed by atoms with Crippen molar-refractivity contribution in [3.05, 3.63) is 0 Å². The van der Waals surface area contributed by atoms with E-state index in [-0.39, 0.29) is 12.8 Å². The monoisotopic (exact) mass is 352 g/mol. The molecule has 1 aliphatic rings. The molecular formula is C12H24N4O4S2. The Morgan fingerprint density at radius 2 is 1.14 bits per heavy atom. The van der Waals surface area contributed by atoms with Crippen molar-refractivity contribution in [1.82, 2.24) is 0 Å². The van der Waals surface area contributed by atoms with E-state index >= 15 is 0 Å². The van der Waals surface area contributed by atoms with Crippen molar-refractivity contribution in [2.75, 3.05) is 13.1 Å². The van der Waals surface area contributed by atoms with Crippen LogP contribution in [0.4, 0.5) is 0 Å². The van der Waals surface area contributed by atoms with E-state index in [0.717, 1.165) is 0 Å². The minimum atomic E-state index is -1.65. The average molecular weight is 352 g/mol. The van der Waals surface area contributed by atoms with Gasteiger partial charge in [-0.2, -0.15) is 0 Å². The molecule has 1 heterocycles. The summed E-state index contributed by atoms with van der Waals surface area (Å²) in [6.07, 6.45) is 2.85. The van der Waals surface area contributed by atoms with Gasteiger partial charge in [0.2, 0.25) is 0 Å². The molecule has 22 heavy (non-hydrogen) atoms. The van der Waals surface area contributed by atoms with Crippen LogP contribution in [0, 0.1) is 0 Å². The second-order valence-electron chi connectivity index (χ2n) is 5.31. The molecule has 0 bridgehead atoms. The second-order valence-corrected chi connectivity index (χ2v) is 6.73. The van der Waals surface area contributed by atoms with Crippen molar-refractivity contribution < 1.29 is 18.0 Å². The highest BCUT2D eigenvalue weighted by Crippen LogP contribution is 2.38. The molecule has 10 heteroatoms. The molecule has 2 atom stereocenters. The van der Waals surface area contributed by atoms with Crippen LogP contribution in [0.25, 0.3) is 0 Å². The lowest BCUT2D eigenvalue weighted by Gasteiger charge is -2.42. The molecule has 1 fully saturated rings. The summed E-state index contributed by atoms with van der Waals surface area (Å²) in [6, 6.07) is 0. The topological polar surface area (TPSA) is 157 Å². The zero-order valence-electron chi connectivity index (χ0n) is 12.4. The predicted octanol–water partition coefficient (Wildman–Crippen LogP) is -0.0492. The highest BCUT2D eigenvalue weighted by Gasteiger charge is 2.59. The molecule has 0 radical (unpaired) electrons. The lowest BCUT2D eigenvalue weighted by molar-refractivity contribution is -0.154. The van der Waals surface area contributed by atoms with Gasteiger partial charge >= 0.3 is 11.9 Å². The van der Waals surface area contributed by atoms with E-state index in [1.807, 2.05) is 0 Å². The van der Waals surface area contributed by atoms with Gasteiger partial charge in [0.05, 0.1) is 0 Å². The van der Waals surface area contributed by atoms with Gasteiger partial charge in [-0.05, 0) is 51.6 Å². The van der Waals surface area contributed by atoms with Gasteiger partial charge in [-0.15, -0.1) is 0 Å². The molecule has 0 aliphatic carbocycles. The largest absolute Gasteiger partial charge is 0.375 e. The summed E-state index contributed by atoms with van der Waals surface area (Å²) in [4.78, 5) is 24.7. The maximum absolute atomic E-state index is 12.4.